The van der Waals surface area contributed by atoms with E-state index in [1.807, 2.05) is 85.1 Å². The molecule has 0 bridgehead atoms. The molecule has 0 fully saturated rings. The third kappa shape index (κ3) is 4.93. The number of amides is 1. The van der Waals surface area contributed by atoms with Gasteiger partial charge >= 0.3 is 0 Å². The van der Waals surface area contributed by atoms with Gasteiger partial charge in [0.1, 0.15) is 17.6 Å². The molecule has 0 spiro atoms. The fourth-order valence-corrected chi connectivity index (χ4v) is 4.74. The predicted molar refractivity (Wildman–Crippen MR) is 144 cm³/mol. The summed E-state index contributed by atoms with van der Waals surface area (Å²) < 4.78 is 3.43. The third-order valence-corrected chi connectivity index (χ3v) is 6.60. The number of benzene rings is 3. The Kier molecular flexibility index (Phi) is 6.67. The van der Waals surface area contributed by atoms with Crippen LogP contribution in [0.1, 0.15) is 30.0 Å². The van der Waals surface area contributed by atoms with Gasteiger partial charge in [0.05, 0.1) is 18.4 Å². The summed E-state index contributed by atoms with van der Waals surface area (Å²) in [5.41, 5.74) is 5.13. The van der Waals surface area contributed by atoms with E-state index < -0.39 is 0 Å². The summed E-state index contributed by atoms with van der Waals surface area (Å²) >= 11 is 0. The molecule has 2 heterocycles. The van der Waals surface area contributed by atoms with E-state index in [0.29, 0.717) is 17.6 Å². The zero-order valence-corrected chi connectivity index (χ0v) is 20.6. The fourth-order valence-electron chi connectivity index (χ4n) is 4.74. The lowest BCUT2D eigenvalue weighted by Gasteiger charge is -2.15. The van der Waals surface area contributed by atoms with Crippen LogP contribution in [0, 0.1) is 6.92 Å². The molecule has 0 aliphatic rings. The van der Waals surface area contributed by atoms with E-state index in [1.165, 1.54) is 5.56 Å². The molecule has 0 aliphatic carbocycles. The summed E-state index contributed by atoms with van der Waals surface area (Å²) in [5, 5.41) is 4.00. The molecule has 182 valence electrons. The van der Waals surface area contributed by atoms with Crippen molar-refractivity contribution in [3.05, 3.63) is 112 Å². The molecule has 36 heavy (non-hydrogen) atoms. The van der Waals surface area contributed by atoms with Gasteiger partial charge in [-0.3, -0.25) is 14.2 Å². The summed E-state index contributed by atoms with van der Waals surface area (Å²) in [6, 6.07) is 26.1. The van der Waals surface area contributed by atoms with Crippen LogP contribution in [0.4, 0.5) is 0 Å². The first-order valence-electron chi connectivity index (χ1n) is 12.3. The number of aryl methyl sites for hydroxylation is 2. The molecule has 0 unspecified atom stereocenters. The quantitative estimate of drug-likeness (QED) is 0.347. The van der Waals surface area contributed by atoms with E-state index in [4.69, 9.17) is 0 Å². The molecule has 0 saturated carbocycles. The lowest BCUT2D eigenvalue weighted by Crippen LogP contribution is -2.36. The van der Waals surface area contributed by atoms with Crippen molar-refractivity contribution in [3.8, 4) is 0 Å². The number of fused-ring (bicyclic) bond motifs is 3. The van der Waals surface area contributed by atoms with Crippen LogP contribution in [0.15, 0.2) is 90.0 Å². The second-order valence-corrected chi connectivity index (χ2v) is 9.46. The highest BCUT2D eigenvalue weighted by Gasteiger charge is 2.19. The minimum Gasteiger partial charge on any atom is -0.352 e. The average Bonchev–Trinajstić information content (AvgIpc) is 3.18. The number of nitrogens with one attached hydrogen (secondary N) is 1. The highest BCUT2D eigenvalue weighted by Crippen LogP contribution is 2.26. The zero-order chi connectivity index (χ0) is 25.1. The van der Waals surface area contributed by atoms with Crippen molar-refractivity contribution >= 4 is 27.8 Å². The monoisotopic (exact) mass is 478 g/mol. The Labute approximate surface area is 210 Å². The van der Waals surface area contributed by atoms with Crippen LogP contribution in [0.3, 0.4) is 0 Å². The van der Waals surface area contributed by atoms with Crippen LogP contribution in [-0.2, 0) is 24.3 Å². The minimum atomic E-state index is -0.150. The van der Waals surface area contributed by atoms with Crippen LogP contribution in [0.25, 0.3) is 21.9 Å². The lowest BCUT2D eigenvalue weighted by molar-refractivity contribution is -0.122. The van der Waals surface area contributed by atoms with Gasteiger partial charge in [0.2, 0.25) is 5.91 Å². The van der Waals surface area contributed by atoms with Crippen molar-refractivity contribution < 1.29 is 4.79 Å². The molecule has 2 aromatic heterocycles. The van der Waals surface area contributed by atoms with Crippen LogP contribution in [0.5, 0.6) is 0 Å². The molecule has 3 aromatic carbocycles. The van der Waals surface area contributed by atoms with Gasteiger partial charge in [0, 0.05) is 11.4 Å². The van der Waals surface area contributed by atoms with Gasteiger partial charge < -0.3 is 9.88 Å². The van der Waals surface area contributed by atoms with Gasteiger partial charge in [-0.15, -0.1) is 0 Å². The molecule has 1 amide bonds. The van der Waals surface area contributed by atoms with E-state index in [2.05, 4.69) is 22.4 Å². The Hall–Kier alpha value is -4.19. The second-order valence-electron chi connectivity index (χ2n) is 9.46. The van der Waals surface area contributed by atoms with Gasteiger partial charge in [-0.25, -0.2) is 4.98 Å². The smallest absolute Gasteiger partial charge is 0.278 e. The highest BCUT2D eigenvalue weighted by molar-refractivity contribution is 6.06. The van der Waals surface area contributed by atoms with E-state index in [-0.39, 0.29) is 24.1 Å². The van der Waals surface area contributed by atoms with E-state index in [1.54, 1.807) is 10.9 Å². The van der Waals surface area contributed by atoms with Crippen molar-refractivity contribution in [2.45, 2.75) is 45.8 Å². The normalized spacial score (nSPS) is 12.2. The summed E-state index contributed by atoms with van der Waals surface area (Å²) in [4.78, 5) is 31.4. The lowest BCUT2D eigenvalue weighted by atomic mass is 10.1. The molecule has 1 atom stereocenters. The first-order valence-corrected chi connectivity index (χ1v) is 12.3. The Morgan fingerprint density at radius 1 is 0.972 bits per heavy atom. The van der Waals surface area contributed by atoms with Gasteiger partial charge in [0.25, 0.3) is 5.56 Å². The molecule has 1 N–H and O–H groups in total. The summed E-state index contributed by atoms with van der Waals surface area (Å²) in [6.45, 7) is 4.52. The summed E-state index contributed by atoms with van der Waals surface area (Å²) in [7, 11) is 0. The van der Waals surface area contributed by atoms with E-state index >= 15 is 0 Å². The van der Waals surface area contributed by atoms with Gasteiger partial charge in [0.15, 0.2) is 0 Å². The topological polar surface area (TPSA) is 68.9 Å². The van der Waals surface area contributed by atoms with Crippen LogP contribution >= 0.6 is 0 Å². The van der Waals surface area contributed by atoms with Gasteiger partial charge in [-0.2, -0.15) is 0 Å². The summed E-state index contributed by atoms with van der Waals surface area (Å²) in [6.07, 6.45) is 3.34. The van der Waals surface area contributed by atoms with Crippen molar-refractivity contribution in [1.29, 1.82) is 0 Å². The van der Waals surface area contributed by atoms with Gasteiger partial charge in [-0.1, -0.05) is 72.3 Å². The van der Waals surface area contributed by atoms with Gasteiger partial charge in [-0.05, 0) is 49.9 Å². The predicted octanol–water partition coefficient (Wildman–Crippen LogP) is 4.85. The molecule has 6 heteroatoms. The Bertz CT molecular complexity index is 1570. The van der Waals surface area contributed by atoms with Crippen molar-refractivity contribution in [2.75, 3.05) is 0 Å². The number of aromatic nitrogens is 3. The molecular weight excluding hydrogens is 448 g/mol. The first-order chi connectivity index (χ1) is 17.5. The standard InChI is InChI=1S/C30H30N4O2/c1-21-13-16-26-25(17-21)28-29(30(36)33(20-31-28)18-24-11-7-4-8-12-24)34(26)19-27(35)32-22(2)14-15-23-9-5-3-6-10-23/h3-13,16-17,20,22H,14-15,18-19H2,1-2H3,(H,32,35)/t22-/m1/s1. The second kappa shape index (κ2) is 10.2. The highest BCUT2D eigenvalue weighted by atomic mass is 16.2. The molecule has 0 saturated heterocycles. The number of nitrogens with zero attached hydrogens (tertiary/aromatic N) is 3. The first kappa shape index (κ1) is 23.5. The largest absolute Gasteiger partial charge is 0.352 e. The molecule has 6 nitrogen and oxygen atoms in total. The Morgan fingerprint density at radius 2 is 1.67 bits per heavy atom. The molecule has 0 radical (unpaired) electrons. The average molecular weight is 479 g/mol. The van der Waals surface area contributed by atoms with Crippen molar-refractivity contribution in [2.24, 2.45) is 0 Å². The van der Waals surface area contributed by atoms with Crippen LogP contribution in [-0.4, -0.2) is 26.1 Å². The molecule has 5 rings (SSSR count). The summed E-state index contributed by atoms with van der Waals surface area (Å²) in [5.74, 6) is -0.118. The number of rotatable bonds is 8. The van der Waals surface area contributed by atoms with Crippen LogP contribution < -0.4 is 10.9 Å². The molecular formula is C30H30N4O2. The fraction of sp³-hybridized carbons (Fsp3) is 0.233. The van der Waals surface area contributed by atoms with Crippen molar-refractivity contribution in [1.82, 2.24) is 19.4 Å². The van der Waals surface area contributed by atoms with E-state index in [9.17, 15) is 9.59 Å². The minimum absolute atomic E-state index is 0.0147. The number of hydrogen-bond donors (Lipinski definition) is 1. The van der Waals surface area contributed by atoms with Crippen LogP contribution in [0.2, 0.25) is 0 Å². The van der Waals surface area contributed by atoms with Crippen molar-refractivity contribution in [3.63, 3.8) is 0 Å². The Balaban J connectivity index is 1.44. The molecule has 0 aliphatic heterocycles. The third-order valence-electron chi connectivity index (χ3n) is 6.60. The number of hydrogen-bond acceptors (Lipinski definition) is 3. The van der Waals surface area contributed by atoms with E-state index in [0.717, 1.165) is 34.9 Å². The number of carbonyl (C=O) groups is 1. The Morgan fingerprint density at radius 3 is 2.39 bits per heavy atom. The SMILES string of the molecule is Cc1ccc2c(c1)c1ncn(Cc3ccccc3)c(=O)c1n2CC(=O)N[C@H](C)CCc1ccccc1. The maximum atomic E-state index is 13.6. The maximum absolute atomic E-state index is 13.6. The maximum Gasteiger partial charge on any atom is 0.278 e. The number of carbonyl (C=O) groups excluding carboxylic acids is 1. The molecule has 5 aromatic rings. The zero-order valence-electron chi connectivity index (χ0n) is 20.6.